The Labute approximate surface area is 125 Å². The Morgan fingerprint density at radius 1 is 0.714 bits per heavy atom. The minimum Gasteiger partial charge on any atom is -0.396 e. The number of nitrogen functional groups attached to an aromatic ring is 2. The van der Waals surface area contributed by atoms with Crippen LogP contribution in [0.4, 0.5) is 17.8 Å². The van der Waals surface area contributed by atoms with E-state index in [4.69, 9.17) is 21.7 Å². The van der Waals surface area contributed by atoms with E-state index >= 15 is 0 Å². The molecule has 8 heteroatoms. The molecule has 0 saturated carbocycles. The molecule has 0 aliphatic carbocycles. The molecule has 8 nitrogen and oxygen atoms in total. The third-order valence-electron chi connectivity index (χ3n) is 3.11. The van der Waals surface area contributed by atoms with Gasteiger partial charge in [0.05, 0.1) is 0 Å². The summed E-state index contributed by atoms with van der Waals surface area (Å²) in [5.74, 6) is 0.731. The minimum absolute atomic E-state index is 0.119. The smallest absolute Gasteiger partial charge is 0.231 e. The maximum Gasteiger partial charge on any atom is 0.231 e. The number of hydrogen-bond acceptors (Lipinski definition) is 8. The summed E-state index contributed by atoms with van der Waals surface area (Å²) in [6, 6.07) is 0. The first-order valence-corrected chi connectivity index (χ1v) is 7.41. The Hall–Kier alpha value is -1.67. The molecule has 0 fully saturated rings. The van der Waals surface area contributed by atoms with Gasteiger partial charge in [-0.3, -0.25) is 0 Å². The predicted octanol–water partition coefficient (Wildman–Crippen LogP) is 0.168. The Kier molecular flexibility index (Phi) is 8.37. The van der Waals surface area contributed by atoms with E-state index in [1.54, 1.807) is 0 Å². The van der Waals surface area contributed by atoms with E-state index in [0.717, 1.165) is 51.6 Å². The lowest BCUT2D eigenvalue weighted by Gasteiger charge is -2.22. The molecule has 0 unspecified atom stereocenters. The summed E-state index contributed by atoms with van der Waals surface area (Å²) in [6.07, 6.45) is 5.34. The number of unbranched alkanes of at least 4 members (excludes halogenated alkanes) is 4. The van der Waals surface area contributed by atoms with Gasteiger partial charge in [-0.2, -0.15) is 15.0 Å². The molecule has 0 bridgehead atoms. The quantitative estimate of drug-likeness (QED) is 0.425. The first-order valence-electron chi connectivity index (χ1n) is 7.41. The summed E-state index contributed by atoms with van der Waals surface area (Å²) in [7, 11) is 0. The molecule has 1 aromatic rings. The number of rotatable bonds is 11. The van der Waals surface area contributed by atoms with Crippen LogP contribution in [0.15, 0.2) is 0 Å². The number of anilines is 3. The van der Waals surface area contributed by atoms with Crippen molar-refractivity contribution in [3.05, 3.63) is 0 Å². The first-order chi connectivity index (χ1) is 10.2. The van der Waals surface area contributed by atoms with E-state index < -0.39 is 0 Å². The highest BCUT2D eigenvalue weighted by Gasteiger charge is 2.11. The van der Waals surface area contributed by atoms with Gasteiger partial charge in [0.25, 0.3) is 0 Å². The second kappa shape index (κ2) is 10.1. The van der Waals surface area contributed by atoms with E-state index in [1.165, 1.54) is 0 Å². The molecule has 0 spiro atoms. The third kappa shape index (κ3) is 7.05. The van der Waals surface area contributed by atoms with Crippen LogP contribution in [0.1, 0.15) is 38.5 Å². The van der Waals surface area contributed by atoms with Crippen LogP contribution in [0.3, 0.4) is 0 Å². The Morgan fingerprint density at radius 2 is 1.19 bits per heavy atom. The minimum atomic E-state index is 0.119. The molecule has 0 saturated heterocycles. The largest absolute Gasteiger partial charge is 0.396 e. The van der Waals surface area contributed by atoms with Crippen LogP contribution >= 0.6 is 0 Å². The van der Waals surface area contributed by atoms with Crippen LogP contribution in [0, 0.1) is 0 Å². The van der Waals surface area contributed by atoms with Gasteiger partial charge < -0.3 is 26.6 Å². The fourth-order valence-electron chi connectivity index (χ4n) is 2.03. The highest BCUT2D eigenvalue weighted by atomic mass is 16.3. The summed E-state index contributed by atoms with van der Waals surface area (Å²) in [4.78, 5) is 14.1. The van der Waals surface area contributed by atoms with Gasteiger partial charge in [0.1, 0.15) is 0 Å². The van der Waals surface area contributed by atoms with Crippen LogP contribution < -0.4 is 16.4 Å². The maximum absolute atomic E-state index is 8.82. The predicted molar refractivity (Wildman–Crippen MR) is 82.7 cm³/mol. The Bertz CT molecular complexity index is 372. The molecular formula is C13H26N6O2. The van der Waals surface area contributed by atoms with E-state index in [9.17, 15) is 0 Å². The van der Waals surface area contributed by atoms with Crippen LogP contribution in [0.25, 0.3) is 0 Å². The fraction of sp³-hybridized carbons (Fsp3) is 0.769. The second-order valence-electron chi connectivity index (χ2n) is 4.91. The van der Waals surface area contributed by atoms with E-state index in [0.29, 0.717) is 5.95 Å². The molecule has 6 N–H and O–H groups in total. The van der Waals surface area contributed by atoms with Crippen LogP contribution in [0.2, 0.25) is 0 Å². The van der Waals surface area contributed by atoms with Gasteiger partial charge in [-0.15, -0.1) is 0 Å². The number of aliphatic hydroxyl groups excluding tert-OH is 2. The number of hydrogen-bond donors (Lipinski definition) is 4. The average molecular weight is 298 g/mol. The maximum atomic E-state index is 8.82. The molecule has 1 rings (SSSR count). The molecule has 0 aliphatic rings. The molecule has 0 amide bonds. The lowest BCUT2D eigenvalue weighted by molar-refractivity contribution is 0.282. The van der Waals surface area contributed by atoms with Crippen molar-refractivity contribution in [2.75, 3.05) is 42.7 Å². The molecule has 0 atom stereocenters. The van der Waals surface area contributed by atoms with Crippen molar-refractivity contribution >= 4 is 17.8 Å². The lowest BCUT2D eigenvalue weighted by atomic mass is 10.2. The van der Waals surface area contributed by atoms with Crippen molar-refractivity contribution in [1.29, 1.82) is 0 Å². The third-order valence-corrected chi connectivity index (χ3v) is 3.11. The fourth-order valence-corrected chi connectivity index (χ4v) is 2.03. The summed E-state index contributed by atoms with van der Waals surface area (Å²) in [5, 5.41) is 17.6. The van der Waals surface area contributed by atoms with Crippen molar-refractivity contribution in [1.82, 2.24) is 15.0 Å². The van der Waals surface area contributed by atoms with Crippen LogP contribution in [-0.2, 0) is 0 Å². The SMILES string of the molecule is Nc1nc(N)nc(N(CCCCCO)CCCCCO)n1. The van der Waals surface area contributed by atoms with Gasteiger partial charge >= 0.3 is 0 Å². The Morgan fingerprint density at radius 3 is 1.62 bits per heavy atom. The van der Waals surface area contributed by atoms with E-state index in [1.807, 2.05) is 4.90 Å². The number of aliphatic hydroxyl groups is 2. The summed E-state index contributed by atoms with van der Waals surface area (Å²) in [5.41, 5.74) is 11.2. The monoisotopic (exact) mass is 298 g/mol. The van der Waals surface area contributed by atoms with Gasteiger partial charge in [-0.05, 0) is 38.5 Å². The first kappa shape index (κ1) is 17.4. The van der Waals surface area contributed by atoms with E-state index in [-0.39, 0.29) is 25.1 Å². The highest BCUT2D eigenvalue weighted by Crippen LogP contribution is 2.13. The zero-order chi connectivity index (χ0) is 15.5. The molecular weight excluding hydrogens is 272 g/mol. The van der Waals surface area contributed by atoms with Crippen molar-refractivity contribution < 1.29 is 10.2 Å². The van der Waals surface area contributed by atoms with Gasteiger partial charge in [-0.1, -0.05) is 0 Å². The van der Waals surface area contributed by atoms with Crippen LogP contribution in [0.5, 0.6) is 0 Å². The number of nitrogens with two attached hydrogens (primary N) is 2. The van der Waals surface area contributed by atoms with Crippen molar-refractivity contribution in [2.45, 2.75) is 38.5 Å². The molecule has 21 heavy (non-hydrogen) atoms. The standard InChI is InChI=1S/C13H26N6O2/c14-11-16-12(15)18-13(17-11)19(7-3-1-5-9-20)8-4-2-6-10-21/h20-21H,1-10H2,(H4,14,15,16,17,18). The number of nitrogens with zero attached hydrogens (tertiary/aromatic N) is 4. The molecule has 0 radical (unpaired) electrons. The van der Waals surface area contributed by atoms with Gasteiger partial charge in [0, 0.05) is 26.3 Å². The molecule has 120 valence electrons. The van der Waals surface area contributed by atoms with Gasteiger partial charge in [0.15, 0.2) is 0 Å². The van der Waals surface area contributed by atoms with E-state index in [2.05, 4.69) is 15.0 Å². The summed E-state index contributed by atoms with van der Waals surface area (Å²) >= 11 is 0. The Balaban J connectivity index is 2.60. The van der Waals surface area contributed by atoms with Crippen molar-refractivity contribution in [2.24, 2.45) is 0 Å². The topological polar surface area (TPSA) is 134 Å². The average Bonchev–Trinajstić information content (AvgIpc) is 2.44. The molecule has 0 aromatic carbocycles. The molecule has 1 aromatic heterocycles. The number of aromatic nitrogens is 3. The zero-order valence-electron chi connectivity index (χ0n) is 12.4. The zero-order valence-corrected chi connectivity index (χ0v) is 12.4. The van der Waals surface area contributed by atoms with Gasteiger partial charge in [-0.25, -0.2) is 0 Å². The second-order valence-corrected chi connectivity index (χ2v) is 4.91. The molecule has 0 aliphatic heterocycles. The van der Waals surface area contributed by atoms with Crippen molar-refractivity contribution in [3.63, 3.8) is 0 Å². The van der Waals surface area contributed by atoms with Crippen molar-refractivity contribution in [3.8, 4) is 0 Å². The summed E-state index contributed by atoms with van der Waals surface area (Å²) in [6.45, 7) is 1.98. The normalized spacial score (nSPS) is 10.8. The molecule has 1 heterocycles. The lowest BCUT2D eigenvalue weighted by Crippen LogP contribution is -2.28. The summed E-state index contributed by atoms with van der Waals surface area (Å²) < 4.78 is 0. The van der Waals surface area contributed by atoms with Crippen LogP contribution in [-0.4, -0.2) is 51.5 Å². The van der Waals surface area contributed by atoms with Gasteiger partial charge in [0.2, 0.25) is 17.8 Å². The highest BCUT2D eigenvalue weighted by molar-refractivity contribution is 5.39.